The minimum atomic E-state index is -0.165. The zero-order valence-electron chi connectivity index (χ0n) is 16.8. The normalized spacial score (nSPS) is 20.2. The van der Waals surface area contributed by atoms with E-state index in [1.165, 1.54) is 5.56 Å². The van der Waals surface area contributed by atoms with Gasteiger partial charge >= 0.3 is 0 Å². The van der Waals surface area contributed by atoms with Crippen LogP contribution in [-0.2, 0) is 6.42 Å². The van der Waals surface area contributed by atoms with E-state index in [2.05, 4.69) is 28.2 Å². The first-order valence-corrected chi connectivity index (χ1v) is 9.99. The Bertz CT molecular complexity index is 858. The lowest BCUT2D eigenvalue weighted by Crippen LogP contribution is -2.26. The van der Waals surface area contributed by atoms with Crippen molar-refractivity contribution in [3.63, 3.8) is 0 Å². The van der Waals surface area contributed by atoms with Crippen molar-refractivity contribution < 1.29 is 13.9 Å². The molecule has 1 aromatic carbocycles. The highest BCUT2D eigenvalue weighted by atomic mass is 19.1. The Hall–Kier alpha value is -2.34. The number of aromatic nitrogens is 1. The molecule has 1 fully saturated rings. The number of aryl methyl sites for hydroxylation is 1. The minimum Gasteiger partial charge on any atom is -0.490 e. The number of methoxy groups -OCH3 is 1. The molecule has 1 aromatic heterocycles. The summed E-state index contributed by atoms with van der Waals surface area (Å²) in [5.41, 5.74) is 3.69. The van der Waals surface area contributed by atoms with Crippen LogP contribution >= 0.6 is 0 Å². The Morgan fingerprint density at radius 3 is 3.04 bits per heavy atom. The molecule has 150 valence electrons. The Labute approximate surface area is 165 Å². The van der Waals surface area contributed by atoms with Gasteiger partial charge in [0.05, 0.1) is 12.8 Å². The molecule has 3 heterocycles. The average molecular weight is 385 g/mol. The fraction of sp³-hybridized carbons (Fsp3) is 0.500. The SMILES string of the molecule is COc1cc(CC2CCN([C@@H](C)c3cc4c(cc3F)NCCO4)C2)cc(C)n1. The number of halogens is 1. The van der Waals surface area contributed by atoms with Gasteiger partial charge in [0.15, 0.2) is 0 Å². The molecule has 2 aliphatic rings. The van der Waals surface area contributed by atoms with Crippen molar-refractivity contribution >= 4 is 5.69 Å². The maximum atomic E-state index is 14.7. The molecule has 5 nitrogen and oxygen atoms in total. The third-order valence-electron chi connectivity index (χ3n) is 5.81. The van der Waals surface area contributed by atoms with Crippen LogP contribution in [0.3, 0.4) is 0 Å². The Morgan fingerprint density at radius 2 is 2.21 bits per heavy atom. The van der Waals surface area contributed by atoms with Crippen molar-refractivity contribution in [3.8, 4) is 11.6 Å². The molecule has 0 radical (unpaired) electrons. The molecule has 2 atom stereocenters. The second-order valence-corrected chi connectivity index (χ2v) is 7.83. The summed E-state index contributed by atoms with van der Waals surface area (Å²) in [4.78, 5) is 6.74. The molecule has 6 heteroatoms. The number of nitrogens with one attached hydrogen (secondary N) is 1. The van der Waals surface area contributed by atoms with Crippen LogP contribution in [0, 0.1) is 18.7 Å². The number of hydrogen-bond donors (Lipinski definition) is 1. The molecule has 1 saturated heterocycles. The molecule has 0 saturated carbocycles. The molecule has 2 aromatic rings. The topological polar surface area (TPSA) is 46.6 Å². The van der Waals surface area contributed by atoms with Gasteiger partial charge in [-0.2, -0.15) is 0 Å². The summed E-state index contributed by atoms with van der Waals surface area (Å²) in [6.45, 7) is 7.35. The number of hydrogen-bond acceptors (Lipinski definition) is 5. The van der Waals surface area contributed by atoms with Crippen LogP contribution < -0.4 is 14.8 Å². The average Bonchev–Trinajstić information content (AvgIpc) is 3.14. The van der Waals surface area contributed by atoms with Gasteiger partial charge in [0.25, 0.3) is 0 Å². The van der Waals surface area contributed by atoms with Crippen LogP contribution in [0.1, 0.15) is 36.2 Å². The largest absolute Gasteiger partial charge is 0.490 e. The van der Waals surface area contributed by atoms with Crippen LogP contribution in [0.15, 0.2) is 24.3 Å². The number of pyridine rings is 1. The lowest BCUT2D eigenvalue weighted by Gasteiger charge is -2.27. The number of anilines is 1. The molecule has 1 N–H and O–H groups in total. The van der Waals surface area contributed by atoms with Gasteiger partial charge < -0.3 is 14.8 Å². The third-order valence-corrected chi connectivity index (χ3v) is 5.81. The van der Waals surface area contributed by atoms with E-state index in [0.29, 0.717) is 30.5 Å². The first kappa shape index (κ1) is 19.0. The fourth-order valence-electron chi connectivity index (χ4n) is 4.33. The van der Waals surface area contributed by atoms with E-state index < -0.39 is 0 Å². The van der Waals surface area contributed by atoms with Gasteiger partial charge in [0.2, 0.25) is 5.88 Å². The molecular formula is C22H28FN3O2. The Balaban J connectivity index is 1.45. The van der Waals surface area contributed by atoms with Crippen LogP contribution in [-0.4, -0.2) is 43.2 Å². The Morgan fingerprint density at radius 1 is 1.36 bits per heavy atom. The van der Waals surface area contributed by atoms with Gasteiger partial charge in [-0.3, -0.25) is 4.90 Å². The number of fused-ring (bicyclic) bond motifs is 1. The van der Waals surface area contributed by atoms with Gasteiger partial charge in [-0.05, 0) is 56.8 Å². The third kappa shape index (κ3) is 3.92. The van der Waals surface area contributed by atoms with Crippen LogP contribution in [0.2, 0.25) is 0 Å². The maximum Gasteiger partial charge on any atom is 0.213 e. The lowest BCUT2D eigenvalue weighted by atomic mass is 9.98. The smallest absolute Gasteiger partial charge is 0.213 e. The van der Waals surface area contributed by atoms with E-state index in [-0.39, 0.29) is 11.9 Å². The fourth-order valence-corrected chi connectivity index (χ4v) is 4.33. The predicted octanol–water partition coefficient (Wildman–Crippen LogP) is 3.97. The van der Waals surface area contributed by atoms with Crippen molar-refractivity contribution in [2.24, 2.45) is 5.92 Å². The Kier molecular flexibility index (Phi) is 5.40. The molecule has 0 spiro atoms. The van der Waals surface area contributed by atoms with Crippen molar-refractivity contribution in [2.75, 3.05) is 38.7 Å². The van der Waals surface area contributed by atoms with E-state index in [9.17, 15) is 4.39 Å². The van der Waals surface area contributed by atoms with Gasteiger partial charge in [0.1, 0.15) is 18.2 Å². The van der Waals surface area contributed by atoms with Crippen molar-refractivity contribution in [2.45, 2.75) is 32.7 Å². The number of nitrogens with zero attached hydrogens (tertiary/aromatic N) is 2. The van der Waals surface area contributed by atoms with Gasteiger partial charge in [-0.15, -0.1) is 0 Å². The molecule has 1 unspecified atom stereocenters. The highest BCUT2D eigenvalue weighted by Gasteiger charge is 2.29. The van der Waals surface area contributed by atoms with Gasteiger partial charge in [-0.1, -0.05) is 0 Å². The zero-order valence-corrected chi connectivity index (χ0v) is 16.8. The summed E-state index contributed by atoms with van der Waals surface area (Å²) < 4.78 is 25.7. The molecule has 0 bridgehead atoms. The first-order valence-electron chi connectivity index (χ1n) is 9.99. The summed E-state index contributed by atoms with van der Waals surface area (Å²) in [5.74, 6) is 1.81. The van der Waals surface area contributed by atoms with Gasteiger partial charge in [0, 0.05) is 42.5 Å². The van der Waals surface area contributed by atoms with E-state index in [0.717, 1.165) is 43.1 Å². The van der Waals surface area contributed by atoms with Crippen molar-refractivity contribution in [3.05, 3.63) is 46.9 Å². The summed E-state index contributed by atoms with van der Waals surface area (Å²) in [5, 5.41) is 3.19. The number of likely N-dealkylation sites (tertiary alicyclic amines) is 1. The number of rotatable bonds is 5. The molecule has 0 amide bonds. The number of benzene rings is 1. The molecular weight excluding hydrogens is 357 g/mol. The highest BCUT2D eigenvalue weighted by molar-refractivity contribution is 5.59. The molecule has 2 aliphatic heterocycles. The summed E-state index contributed by atoms with van der Waals surface area (Å²) in [6.07, 6.45) is 2.10. The van der Waals surface area contributed by atoms with E-state index >= 15 is 0 Å². The van der Waals surface area contributed by atoms with Crippen molar-refractivity contribution in [1.29, 1.82) is 0 Å². The van der Waals surface area contributed by atoms with E-state index in [4.69, 9.17) is 9.47 Å². The van der Waals surface area contributed by atoms with Crippen LogP contribution in [0.25, 0.3) is 0 Å². The molecule has 0 aliphatic carbocycles. The second-order valence-electron chi connectivity index (χ2n) is 7.83. The summed E-state index contributed by atoms with van der Waals surface area (Å²) in [6, 6.07) is 7.61. The lowest BCUT2D eigenvalue weighted by molar-refractivity contribution is 0.246. The van der Waals surface area contributed by atoms with Crippen LogP contribution in [0.5, 0.6) is 11.6 Å². The van der Waals surface area contributed by atoms with Crippen LogP contribution in [0.4, 0.5) is 10.1 Å². The predicted molar refractivity (Wildman–Crippen MR) is 108 cm³/mol. The number of ether oxygens (including phenoxy) is 2. The highest BCUT2D eigenvalue weighted by Crippen LogP contribution is 2.36. The standard InChI is InChI=1S/C22H28FN3O2/c1-14-8-17(10-22(25-14)27-3)9-16-4-6-26(13-16)15(2)18-11-21-20(12-19(18)23)24-5-7-28-21/h8,10-12,15-16,24H,4-7,9,13H2,1-3H3/t15-,16?/m0/s1. The summed E-state index contributed by atoms with van der Waals surface area (Å²) in [7, 11) is 1.65. The maximum absolute atomic E-state index is 14.7. The van der Waals surface area contributed by atoms with Gasteiger partial charge in [-0.25, -0.2) is 9.37 Å². The van der Waals surface area contributed by atoms with Crippen molar-refractivity contribution in [1.82, 2.24) is 9.88 Å². The van der Waals surface area contributed by atoms with E-state index in [1.807, 2.05) is 19.1 Å². The quantitative estimate of drug-likeness (QED) is 0.844. The zero-order chi connectivity index (χ0) is 19.7. The minimum absolute atomic E-state index is 0.0227. The monoisotopic (exact) mass is 385 g/mol. The molecule has 28 heavy (non-hydrogen) atoms. The van der Waals surface area contributed by atoms with E-state index in [1.54, 1.807) is 13.2 Å². The summed E-state index contributed by atoms with van der Waals surface area (Å²) >= 11 is 0. The first-order chi connectivity index (χ1) is 13.5. The molecule has 4 rings (SSSR count). The second kappa shape index (κ2) is 7.95.